The molecule has 3 aromatic heterocycles. The van der Waals surface area contributed by atoms with E-state index in [1.54, 1.807) is 10.8 Å². The van der Waals surface area contributed by atoms with Crippen molar-refractivity contribution in [1.82, 2.24) is 24.3 Å². The molecule has 0 saturated carbocycles. The number of pyridine rings is 1. The molecule has 3 aromatic rings. The lowest BCUT2D eigenvalue weighted by Gasteiger charge is -2.01. The zero-order valence-corrected chi connectivity index (χ0v) is 10.3. The predicted octanol–water partition coefficient (Wildman–Crippen LogP) is 1.53. The number of fused-ring (bicyclic) bond motifs is 1. The van der Waals surface area contributed by atoms with Gasteiger partial charge in [-0.15, -0.1) is 0 Å². The van der Waals surface area contributed by atoms with E-state index in [1.807, 2.05) is 36.9 Å². The van der Waals surface area contributed by atoms with E-state index in [2.05, 4.69) is 15.1 Å². The van der Waals surface area contributed by atoms with E-state index in [1.165, 1.54) is 0 Å². The lowest BCUT2D eigenvalue weighted by Crippen LogP contribution is -2.03. The Morgan fingerprint density at radius 2 is 2.22 bits per heavy atom. The highest BCUT2D eigenvalue weighted by molar-refractivity contribution is 5.76. The Bertz CT molecular complexity index is 709. The van der Waals surface area contributed by atoms with E-state index in [-0.39, 0.29) is 0 Å². The fourth-order valence-corrected chi connectivity index (χ4v) is 1.96. The Kier molecular flexibility index (Phi) is 2.29. The summed E-state index contributed by atoms with van der Waals surface area (Å²) in [6.45, 7) is 4.83. The average molecular weight is 242 g/mol. The number of aryl methyl sites for hydroxylation is 2. The monoisotopic (exact) mass is 242 g/mol. The van der Waals surface area contributed by atoms with Crippen molar-refractivity contribution in [3.8, 4) is 5.82 Å². The van der Waals surface area contributed by atoms with Gasteiger partial charge < -0.3 is 5.73 Å². The van der Waals surface area contributed by atoms with Gasteiger partial charge in [0.1, 0.15) is 5.52 Å². The van der Waals surface area contributed by atoms with Gasteiger partial charge in [-0.1, -0.05) is 0 Å². The quantitative estimate of drug-likeness (QED) is 0.739. The molecule has 6 heteroatoms. The number of hydrogen-bond acceptors (Lipinski definition) is 4. The summed E-state index contributed by atoms with van der Waals surface area (Å²) in [5.74, 6) is 1.15. The summed E-state index contributed by atoms with van der Waals surface area (Å²) in [5, 5.41) is 4.42. The van der Waals surface area contributed by atoms with Crippen LogP contribution in [0.15, 0.2) is 24.5 Å². The van der Waals surface area contributed by atoms with Crippen molar-refractivity contribution in [2.24, 2.45) is 0 Å². The number of nitrogens with two attached hydrogens (primary N) is 1. The SMILES string of the molecule is CCn1ccc(-n2c(N)nc3cc(C)cnc32)n1. The van der Waals surface area contributed by atoms with Crippen molar-refractivity contribution in [2.75, 3.05) is 5.73 Å². The molecule has 18 heavy (non-hydrogen) atoms. The van der Waals surface area contributed by atoms with Crippen molar-refractivity contribution < 1.29 is 0 Å². The summed E-state index contributed by atoms with van der Waals surface area (Å²) in [6.07, 6.45) is 3.71. The third-order valence-electron chi connectivity index (χ3n) is 2.84. The maximum atomic E-state index is 5.95. The predicted molar refractivity (Wildman–Crippen MR) is 69.5 cm³/mol. The maximum Gasteiger partial charge on any atom is 0.208 e. The topological polar surface area (TPSA) is 74.5 Å². The lowest BCUT2D eigenvalue weighted by molar-refractivity contribution is 0.654. The van der Waals surface area contributed by atoms with E-state index < -0.39 is 0 Å². The normalized spacial score (nSPS) is 11.2. The Balaban J connectivity index is 2.24. The number of rotatable bonds is 2. The van der Waals surface area contributed by atoms with Crippen LogP contribution in [0.5, 0.6) is 0 Å². The zero-order chi connectivity index (χ0) is 12.7. The van der Waals surface area contributed by atoms with Crippen molar-refractivity contribution >= 4 is 17.1 Å². The van der Waals surface area contributed by atoms with Gasteiger partial charge in [-0.05, 0) is 25.5 Å². The maximum absolute atomic E-state index is 5.95. The molecule has 3 heterocycles. The largest absolute Gasteiger partial charge is 0.369 e. The molecule has 0 unspecified atom stereocenters. The first-order valence-corrected chi connectivity index (χ1v) is 5.83. The first-order chi connectivity index (χ1) is 8.69. The van der Waals surface area contributed by atoms with E-state index in [0.717, 1.165) is 29.1 Å². The highest BCUT2D eigenvalue weighted by Crippen LogP contribution is 2.20. The summed E-state index contributed by atoms with van der Waals surface area (Å²) in [6, 6.07) is 3.87. The highest BCUT2D eigenvalue weighted by Gasteiger charge is 2.13. The molecule has 0 fully saturated rings. The van der Waals surface area contributed by atoms with Gasteiger partial charge in [0.15, 0.2) is 11.5 Å². The van der Waals surface area contributed by atoms with Gasteiger partial charge in [-0.25, -0.2) is 14.5 Å². The summed E-state index contributed by atoms with van der Waals surface area (Å²) in [5.41, 5.74) is 8.54. The van der Waals surface area contributed by atoms with Crippen LogP contribution in [0.3, 0.4) is 0 Å². The Morgan fingerprint density at radius 1 is 1.39 bits per heavy atom. The number of anilines is 1. The van der Waals surface area contributed by atoms with E-state index in [9.17, 15) is 0 Å². The third-order valence-corrected chi connectivity index (χ3v) is 2.84. The smallest absolute Gasteiger partial charge is 0.208 e. The van der Waals surface area contributed by atoms with Crippen LogP contribution < -0.4 is 5.73 Å². The number of nitrogens with zero attached hydrogens (tertiary/aromatic N) is 5. The second kappa shape index (κ2) is 3.83. The number of hydrogen-bond donors (Lipinski definition) is 1. The van der Waals surface area contributed by atoms with Gasteiger partial charge in [0.2, 0.25) is 5.95 Å². The third kappa shape index (κ3) is 1.54. The Labute approximate surface area is 104 Å². The summed E-state index contributed by atoms with van der Waals surface area (Å²) in [4.78, 5) is 8.70. The van der Waals surface area contributed by atoms with E-state index in [4.69, 9.17) is 5.73 Å². The minimum absolute atomic E-state index is 0.407. The molecule has 0 aromatic carbocycles. The highest BCUT2D eigenvalue weighted by atomic mass is 15.3. The van der Waals surface area contributed by atoms with Gasteiger partial charge in [-0.3, -0.25) is 4.68 Å². The molecule has 0 amide bonds. The Hall–Kier alpha value is -2.37. The second-order valence-electron chi connectivity index (χ2n) is 4.19. The number of imidazole rings is 1. The van der Waals surface area contributed by atoms with Crippen LogP contribution in [0.4, 0.5) is 5.95 Å². The molecule has 6 nitrogen and oxygen atoms in total. The molecule has 2 N–H and O–H groups in total. The molecule has 0 atom stereocenters. The molecule has 0 bridgehead atoms. The molecule has 0 saturated heterocycles. The molecular formula is C12H14N6. The van der Waals surface area contributed by atoms with Crippen molar-refractivity contribution in [3.05, 3.63) is 30.1 Å². The lowest BCUT2D eigenvalue weighted by atomic mass is 10.3. The van der Waals surface area contributed by atoms with Gasteiger partial charge in [0.05, 0.1) is 0 Å². The van der Waals surface area contributed by atoms with Crippen LogP contribution in [0.25, 0.3) is 17.0 Å². The number of aromatic nitrogens is 5. The van der Waals surface area contributed by atoms with E-state index >= 15 is 0 Å². The molecule has 92 valence electrons. The van der Waals surface area contributed by atoms with Gasteiger partial charge in [0.25, 0.3) is 0 Å². The fraction of sp³-hybridized carbons (Fsp3) is 0.250. The number of nitrogen functional groups attached to an aromatic ring is 1. The molecule has 0 spiro atoms. The molecule has 0 aliphatic heterocycles. The fourth-order valence-electron chi connectivity index (χ4n) is 1.96. The van der Waals surface area contributed by atoms with Crippen LogP contribution in [-0.4, -0.2) is 24.3 Å². The minimum Gasteiger partial charge on any atom is -0.369 e. The zero-order valence-electron chi connectivity index (χ0n) is 10.3. The van der Waals surface area contributed by atoms with Crippen LogP contribution in [0.2, 0.25) is 0 Å². The van der Waals surface area contributed by atoms with Crippen LogP contribution in [0, 0.1) is 6.92 Å². The van der Waals surface area contributed by atoms with E-state index in [0.29, 0.717) is 5.95 Å². The molecule has 0 aliphatic carbocycles. The van der Waals surface area contributed by atoms with Gasteiger partial charge in [-0.2, -0.15) is 5.10 Å². The van der Waals surface area contributed by atoms with Crippen LogP contribution in [-0.2, 0) is 6.54 Å². The molecule has 3 rings (SSSR count). The summed E-state index contributed by atoms with van der Waals surface area (Å²) in [7, 11) is 0. The standard InChI is InChI=1S/C12H14N6/c1-3-17-5-4-10(16-17)18-11-9(15-12(18)13)6-8(2)7-14-11/h4-7H,3H2,1-2H3,(H2,13,15). The second-order valence-corrected chi connectivity index (χ2v) is 4.19. The molecule has 0 aliphatic rings. The van der Waals surface area contributed by atoms with Crippen molar-refractivity contribution in [1.29, 1.82) is 0 Å². The molecular weight excluding hydrogens is 228 g/mol. The minimum atomic E-state index is 0.407. The van der Waals surface area contributed by atoms with Gasteiger partial charge in [0, 0.05) is 25.0 Å². The first kappa shape index (κ1) is 10.8. The first-order valence-electron chi connectivity index (χ1n) is 5.83. The van der Waals surface area contributed by atoms with Crippen LogP contribution >= 0.6 is 0 Å². The Morgan fingerprint density at radius 3 is 2.94 bits per heavy atom. The van der Waals surface area contributed by atoms with Crippen LogP contribution in [0.1, 0.15) is 12.5 Å². The average Bonchev–Trinajstić information content (AvgIpc) is 2.91. The van der Waals surface area contributed by atoms with Crippen molar-refractivity contribution in [3.63, 3.8) is 0 Å². The van der Waals surface area contributed by atoms with Gasteiger partial charge >= 0.3 is 0 Å². The molecule has 0 radical (unpaired) electrons. The summed E-state index contributed by atoms with van der Waals surface area (Å²) < 4.78 is 3.61. The summed E-state index contributed by atoms with van der Waals surface area (Å²) >= 11 is 0. The van der Waals surface area contributed by atoms with Crippen molar-refractivity contribution in [2.45, 2.75) is 20.4 Å².